The van der Waals surface area contributed by atoms with Gasteiger partial charge in [-0.3, -0.25) is 4.98 Å². The topological polar surface area (TPSA) is 68.2 Å². The quantitative estimate of drug-likeness (QED) is 0.145. The van der Waals surface area contributed by atoms with Crippen LogP contribution in [0.15, 0.2) is 419 Å². The lowest BCUT2D eigenvalue weighted by Gasteiger charge is -2.11. The molecule has 0 saturated heterocycles. The van der Waals surface area contributed by atoms with E-state index in [-0.39, 0.29) is 0 Å². The van der Waals surface area contributed by atoms with Crippen LogP contribution in [0.5, 0.6) is 0 Å². The van der Waals surface area contributed by atoms with Crippen LogP contribution in [0, 0.1) is 0 Å². The van der Waals surface area contributed by atoms with Gasteiger partial charge in [0.2, 0.25) is 0 Å². The highest BCUT2D eigenvalue weighted by Gasteiger charge is 2.20. The zero-order chi connectivity index (χ0) is 75.2. The summed E-state index contributed by atoms with van der Waals surface area (Å²) in [5.74, 6) is 0.711. The number of para-hydroxylation sites is 12. The molecule has 0 spiro atoms. The molecule has 0 amide bonds. The Labute approximate surface area is 655 Å². The van der Waals surface area contributed by atoms with E-state index >= 15 is 0 Å². The van der Waals surface area contributed by atoms with Crippen LogP contribution in [0.2, 0.25) is 0 Å². The molecule has 9 nitrogen and oxygen atoms in total. The van der Waals surface area contributed by atoms with Gasteiger partial charge in [-0.25, -0.2) is 9.97 Å². The van der Waals surface area contributed by atoms with E-state index < -0.39 is 0 Å². The van der Waals surface area contributed by atoms with Gasteiger partial charge in [0.15, 0.2) is 5.82 Å². The highest BCUT2D eigenvalue weighted by molar-refractivity contribution is 6.14. The standard InChI is InChI=1S/C36H24N2.C35H23N3.C34H22N4/c1-5-13-33-29(9-1)30-10-2-6-14-34(30)37(33)27-21-17-25(18-22-27)26-19-23-28(24-20-26)38-35-15-7-3-11-31(35)32-12-4-8-16-36(32)38;1-5-13-32-27(9-1)28-10-2-6-14-33(28)37(32)25-19-17-24(18-20-25)31-22-21-26(23-36-31)38-34-15-7-3-11-29(34)30-12-4-8-16-35(30)38;1-5-13-30-26(9-1)27-10-2-6-14-31(27)37(30)24-19-17-23(18-20-24)34-35-21-25(22-36-34)38-32-15-7-3-11-28(32)29-12-4-8-16-33(29)38/h1-24H;1-23H;1-22H. The SMILES string of the molecule is c1ccc2c(c1)c1ccccc1n2-c1ccc(-c2ccc(-n3c4ccccc4c4ccccc43)cc2)cc1.c1ccc2c(c1)c1ccccc1n2-c1ccc(-c2ccc(-n3c4ccccc4c4ccccc43)cn2)cc1.c1ccc2c(c1)c1ccccc1n2-c1ccc(-c2ncc(-n3c4ccccc4c4ccccc43)cn2)cc1. The zero-order valence-corrected chi connectivity index (χ0v) is 61.9. The Morgan fingerprint density at radius 2 is 0.307 bits per heavy atom. The second-order valence-electron chi connectivity index (χ2n) is 29.1. The first kappa shape index (κ1) is 65.6. The molecule has 8 aromatic heterocycles. The number of hydrogen-bond donors (Lipinski definition) is 0. The maximum atomic E-state index is 4.88. The zero-order valence-electron chi connectivity index (χ0n) is 61.9. The van der Waals surface area contributed by atoms with Crippen LogP contribution >= 0.6 is 0 Å². The molecule has 24 aromatic rings. The van der Waals surface area contributed by atoms with E-state index in [2.05, 4.69) is 428 Å². The summed E-state index contributed by atoms with van der Waals surface area (Å²) in [6.45, 7) is 0. The summed E-state index contributed by atoms with van der Waals surface area (Å²) in [4.78, 5) is 14.4. The lowest BCUT2D eigenvalue weighted by atomic mass is 10.0. The van der Waals surface area contributed by atoms with Gasteiger partial charge in [0.25, 0.3) is 0 Å². The summed E-state index contributed by atoms with van der Waals surface area (Å²) < 4.78 is 13.9. The van der Waals surface area contributed by atoms with Gasteiger partial charge in [0.1, 0.15) is 0 Å². The van der Waals surface area contributed by atoms with Gasteiger partial charge in [0.05, 0.1) is 102 Å². The minimum Gasteiger partial charge on any atom is -0.309 e. The van der Waals surface area contributed by atoms with Gasteiger partial charge in [-0.2, -0.15) is 0 Å². The monoisotopic (exact) mass is 1460 g/mol. The average Bonchev–Trinajstić information content (AvgIpc) is 1.62. The van der Waals surface area contributed by atoms with Crippen molar-refractivity contribution < 1.29 is 0 Å². The van der Waals surface area contributed by atoms with Crippen LogP contribution in [-0.4, -0.2) is 42.4 Å². The molecule has 0 atom stereocenters. The van der Waals surface area contributed by atoms with Crippen molar-refractivity contribution in [1.29, 1.82) is 0 Å². The van der Waals surface area contributed by atoms with E-state index in [1.165, 1.54) is 142 Å². The molecule has 24 rings (SSSR count). The Morgan fingerprint density at radius 1 is 0.132 bits per heavy atom. The molecule has 0 saturated carbocycles. The third-order valence-corrected chi connectivity index (χ3v) is 22.8. The maximum absolute atomic E-state index is 4.88. The summed E-state index contributed by atoms with van der Waals surface area (Å²) in [7, 11) is 0. The normalized spacial score (nSPS) is 11.7. The number of fused-ring (bicyclic) bond motifs is 18. The van der Waals surface area contributed by atoms with E-state index in [9.17, 15) is 0 Å². The lowest BCUT2D eigenvalue weighted by Crippen LogP contribution is -1.98. The average molecular weight is 1460 g/mol. The summed E-state index contributed by atoms with van der Waals surface area (Å²) in [6, 6.07) is 142. The van der Waals surface area contributed by atoms with Crippen molar-refractivity contribution in [1.82, 2.24) is 42.4 Å². The maximum Gasteiger partial charge on any atom is 0.159 e. The molecule has 534 valence electrons. The molecule has 0 aliphatic rings. The number of nitrogens with zero attached hydrogens (tertiary/aromatic N) is 9. The Bertz CT molecular complexity index is 6280. The Kier molecular flexibility index (Phi) is 15.7. The largest absolute Gasteiger partial charge is 0.309 e. The van der Waals surface area contributed by atoms with E-state index in [0.717, 1.165) is 50.6 Å². The molecule has 114 heavy (non-hydrogen) atoms. The summed E-state index contributed by atoms with van der Waals surface area (Å²) >= 11 is 0. The highest BCUT2D eigenvalue weighted by atomic mass is 15.0. The van der Waals surface area contributed by atoms with Gasteiger partial charge in [0, 0.05) is 98.5 Å². The predicted molar refractivity (Wildman–Crippen MR) is 475 cm³/mol. The Balaban J connectivity index is 0.000000104. The van der Waals surface area contributed by atoms with E-state index in [4.69, 9.17) is 15.0 Å². The van der Waals surface area contributed by atoms with Crippen LogP contribution < -0.4 is 0 Å². The van der Waals surface area contributed by atoms with Crippen LogP contribution in [0.4, 0.5) is 0 Å². The summed E-state index contributed by atoms with van der Waals surface area (Å²) in [5, 5.41) is 15.2. The summed E-state index contributed by atoms with van der Waals surface area (Å²) in [6.07, 6.45) is 5.82. The second-order valence-corrected chi connectivity index (χ2v) is 29.1. The molecule has 0 fully saturated rings. The number of rotatable bonds is 9. The van der Waals surface area contributed by atoms with Gasteiger partial charge < -0.3 is 27.4 Å². The van der Waals surface area contributed by atoms with Crippen LogP contribution in [0.1, 0.15) is 0 Å². The second kappa shape index (κ2) is 27.3. The predicted octanol–water partition coefficient (Wildman–Crippen LogP) is 26.8. The molecule has 0 aliphatic carbocycles. The fourth-order valence-electron chi connectivity index (χ4n) is 17.6. The molecule has 0 unspecified atom stereocenters. The number of benzene rings is 16. The number of pyridine rings is 1. The number of hydrogen-bond acceptors (Lipinski definition) is 3. The van der Waals surface area contributed by atoms with Gasteiger partial charge in [-0.1, -0.05) is 255 Å². The van der Waals surface area contributed by atoms with Crippen LogP contribution in [-0.2, 0) is 0 Å². The molecule has 0 bridgehead atoms. The third-order valence-electron chi connectivity index (χ3n) is 22.8. The molecule has 0 aliphatic heterocycles. The minimum absolute atomic E-state index is 0.711. The van der Waals surface area contributed by atoms with Crippen molar-refractivity contribution in [2.75, 3.05) is 0 Å². The first-order valence-corrected chi connectivity index (χ1v) is 38.7. The molecule has 0 radical (unpaired) electrons. The fourth-order valence-corrected chi connectivity index (χ4v) is 17.6. The minimum atomic E-state index is 0.711. The molecule has 8 heterocycles. The summed E-state index contributed by atoms with van der Waals surface area (Å²) in [5.41, 5.74) is 26.6. The molecular formula is C105H69N9. The van der Waals surface area contributed by atoms with Crippen molar-refractivity contribution in [3.05, 3.63) is 419 Å². The number of aromatic nitrogens is 9. The molecule has 9 heteroatoms. The first-order chi connectivity index (χ1) is 56.6. The van der Waals surface area contributed by atoms with Gasteiger partial charge in [-0.05, 0) is 157 Å². The van der Waals surface area contributed by atoms with E-state index in [1.807, 2.05) is 18.6 Å². The van der Waals surface area contributed by atoms with Gasteiger partial charge >= 0.3 is 0 Å². The van der Waals surface area contributed by atoms with Crippen molar-refractivity contribution in [3.63, 3.8) is 0 Å². The van der Waals surface area contributed by atoms with Crippen molar-refractivity contribution in [2.45, 2.75) is 0 Å². The van der Waals surface area contributed by atoms with Crippen molar-refractivity contribution in [2.24, 2.45) is 0 Å². The molecular weight excluding hydrogens is 1390 g/mol. The van der Waals surface area contributed by atoms with Crippen LogP contribution in [0.3, 0.4) is 0 Å². The third kappa shape index (κ3) is 10.9. The first-order valence-electron chi connectivity index (χ1n) is 38.7. The molecule has 16 aromatic carbocycles. The molecule has 0 N–H and O–H groups in total. The Hall–Kier alpha value is -15.5. The fraction of sp³-hybridized carbons (Fsp3) is 0. The highest BCUT2D eigenvalue weighted by Crippen LogP contribution is 2.40. The van der Waals surface area contributed by atoms with Crippen molar-refractivity contribution >= 4 is 131 Å². The van der Waals surface area contributed by atoms with Crippen molar-refractivity contribution in [3.8, 4) is 67.9 Å². The van der Waals surface area contributed by atoms with E-state index in [0.29, 0.717) is 5.82 Å². The lowest BCUT2D eigenvalue weighted by molar-refractivity contribution is 1.08. The van der Waals surface area contributed by atoms with Crippen LogP contribution in [0.25, 0.3) is 199 Å². The van der Waals surface area contributed by atoms with Gasteiger partial charge in [-0.15, -0.1) is 0 Å². The van der Waals surface area contributed by atoms with E-state index in [1.54, 1.807) is 0 Å². The Morgan fingerprint density at radius 3 is 0.526 bits per heavy atom. The smallest absolute Gasteiger partial charge is 0.159 e.